The molecule has 0 fully saturated rings. The minimum Gasteiger partial charge on any atom is -0.354 e. The molecule has 3 nitrogen and oxygen atoms in total. The van der Waals surface area contributed by atoms with Crippen LogP contribution in [0.3, 0.4) is 0 Å². The van der Waals surface area contributed by atoms with Crippen LogP contribution in [-0.4, -0.2) is 16.5 Å². The molecule has 0 saturated carbocycles. The van der Waals surface area contributed by atoms with Gasteiger partial charge in [0, 0.05) is 17.5 Å². The maximum absolute atomic E-state index is 12.7. The Labute approximate surface area is 106 Å². The molecule has 2 aromatic heterocycles. The summed E-state index contributed by atoms with van der Waals surface area (Å²) >= 11 is 1.40. The van der Waals surface area contributed by atoms with Crippen molar-refractivity contribution in [2.45, 2.75) is 13.1 Å². The van der Waals surface area contributed by atoms with E-state index in [0.29, 0.717) is 12.1 Å². The highest BCUT2D eigenvalue weighted by Crippen LogP contribution is 2.31. The minimum absolute atomic E-state index is 0.00600. The van der Waals surface area contributed by atoms with Gasteiger partial charge in [-0.05, 0) is 24.4 Å². The van der Waals surface area contributed by atoms with Gasteiger partial charge in [-0.3, -0.25) is 0 Å². The Morgan fingerprint density at radius 3 is 2.67 bits per heavy atom. The van der Waals surface area contributed by atoms with Crippen LogP contribution in [0.4, 0.5) is 19.1 Å². The van der Waals surface area contributed by atoms with Crippen molar-refractivity contribution in [2.24, 2.45) is 0 Å². The Morgan fingerprint density at radius 1 is 1.33 bits per heavy atom. The van der Waals surface area contributed by atoms with E-state index >= 15 is 0 Å². The lowest BCUT2D eigenvalue weighted by atomic mass is 10.2. The first-order valence-corrected chi connectivity index (χ1v) is 6.17. The third kappa shape index (κ3) is 2.79. The predicted molar refractivity (Wildman–Crippen MR) is 64.5 cm³/mol. The molecule has 0 amide bonds. The Balaban J connectivity index is 2.50. The molecule has 96 valence electrons. The molecule has 0 atom stereocenters. The normalized spacial score (nSPS) is 11.6. The Kier molecular flexibility index (Phi) is 3.51. The molecular weight excluding hydrogens is 263 g/mol. The van der Waals surface area contributed by atoms with E-state index in [9.17, 15) is 13.2 Å². The number of thiophene rings is 1. The van der Waals surface area contributed by atoms with Gasteiger partial charge in [0.25, 0.3) is 0 Å². The Morgan fingerprint density at radius 2 is 2.11 bits per heavy atom. The van der Waals surface area contributed by atoms with Crippen molar-refractivity contribution in [3.05, 3.63) is 28.6 Å². The quantitative estimate of drug-likeness (QED) is 0.927. The molecule has 0 aliphatic carbocycles. The number of alkyl halides is 3. The van der Waals surface area contributed by atoms with Gasteiger partial charge in [0.05, 0.1) is 5.69 Å². The number of nitrogens with one attached hydrogen (secondary N) is 1. The lowest BCUT2D eigenvalue weighted by Crippen LogP contribution is -2.12. The van der Waals surface area contributed by atoms with Crippen LogP contribution in [0.2, 0.25) is 0 Å². The lowest BCUT2D eigenvalue weighted by Gasteiger charge is -2.10. The molecule has 1 N–H and O–H groups in total. The highest BCUT2D eigenvalue weighted by atomic mass is 32.1. The van der Waals surface area contributed by atoms with E-state index in [1.807, 2.05) is 0 Å². The van der Waals surface area contributed by atoms with E-state index in [-0.39, 0.29) is 11.6 Å². The highest BCUT2D eigenvalue weighted by Gasteiger charge is 2.33. The lowest BCUT2D eigenvalue weighted by molar-refractivity contribution is -0.141. The van der Waals surface area contributed by atoms with E-state index in [0.717, 1.165) is 6.07 Å². The van der Waals surface area contributed by atoms with E-state index in [1.54, 1.807) is 23.8 Å². The van der Waals surface area contributed by atoms with Crippen LogP contribution < -0.4 is 5.32 Å². The molecule has 7 heteroatoms. The van der Waals surface area contributed by atoms with Gasteiger partial charge in [0.15, 0.2) is 5.69 Å². The average molecular weight is 273 g/mol. The number of halogens is 3. The van der Waals surface area contributed by atoms with Crippen molar-refractivity contribution in [1.82, 2.24) is 9.97 Å². The smallest absolute Gasteiger partial charge is 0.354 e. The van der Waals surface area contributed by atoms with E-state index < -0.39 is 11.9 Å². The fourth-order valence-electron chi connectivity index (χ4n) is 1.39. The molecule has 2 heterocycles. The van der Waals surface area contributed by atoms with Crippen molar-refractivity contribution < 1.29 is 13.2 Å². The van der Waals surface area contributed by atoms with Crippen molar-refractivity contribution >= 4 is 17.3 Å². The second-order valence-electron chi connectivity index (χ2n) is 3.50. The number of rotatable bonds is 3. The predicted octanol–water partition coefficient (Wildman–Crippen LogP) is 3.66. The van der Waals surface area contributed by atoms with Gasteiger partial charge in [-0.25, -0.2) is 9.97 Å². The van der Waals surface area contributed by atoms with Crippen LogP contribution in [0.5, 0.6) is 0 Å². The number of anilines is 1. The van der Waals surface area contributed by atoms with Crippen molar-refractivity contribution in [1.29, 1.82) is 0 Å². The summed E-state index contributed by atoms with van der Waals surface area (Å²) in [6.45, 7) is 2.23. The average Bonchev–Trinajstić information content (AvgIpc) is 2.81. The van der Waals surface area contributed by atoms with Gasteiger partial charge in [-0.1, -0.05) is 0 Å². The summed E-state index contributed by atoms with van der Waals surface area (Å²) in [5, 5.41) is 6.24. The molecule has 0 aliphatic rings. The van der Waals surface area contributed by atoms with Crippen molar-refractivity contribution in [3.63, 3.8) is 0 Å². The fraction of sp³-hybridized carbons (Fsp3) is 0.273. The molecule has 0 aliphatic heterocycles. The van der Waals surface area contributed by atoms with Gasteiger partial charge >= 0.3 is 6.18 Å². The van der Waals surface area contributed by atoms with E-state index in [1.165, 1.54) is 11.3 Å². The first-order valence-electron chi connectivity index (χ1n) is 5.23. The summed E-state index contributed by atoms with van der Waals surface area (Å²) in [4.78, 5) is 7.52. The molecule has 0 aromatic carbocycles. The molecular formula is C11H10F3N3S. The standard InChI is InChI=1S/C11H10F3N3S/c1-2-15-10-16-8(7-3-4-18-6-7)5-9(17-10)11(12,13)14/h3-6H,2H2,1H3,(H,15,16,17). The largest absolute Gasteiger partial charge is 0.433 e. The molecule has 0 bridgehead atoms. The van der Waals surface area contributed by atoms with Gasteiger partial charge in [0.1, 0.15) is 0 Å². The maximum Gasteiger partial charge on any atom is 0.433 e. The molecule has 0 radical (unpaired) electrons. The summed E-state index contributed by atoms with van der Waals surface area (Å²) in [5.74, 6) is -0.00600. The molecule has 0 spiro atoms. The van der Waals surface area contributed by atoms with Gasteiger partial charge < -0.3 is 5.32 Å². The van der Waals surface area contributed by atoms with Crippen LogP contribution in [-0.2, 0) is 6.18 Å². The first-order chi connectivity index (χ1) is 8.50. The Bertz CT molecular complexity index is 523. The molecule has 2 aromatic rings. The second-order valence-corrected chi connectivity index (χ2v) is 4.28. The van der Waals surface area contributed by atoms with Crippen LogP contribution in [0, 0.1) is 0 Å². The maximum atomic E-state index is 12.7. The van der Waals surface area contributed by atoms with Crippen LogP contribution in [0.15, 0.2) is 22.9 Å². The fourth-order valence-corrected chi connectivity index (χ4v) is 2.04. The summed E-state index contributed by atoms with van der Waals surface area (Å²) in [5.41, 5.74) is -0.00349. The zero-order valence-corrected chi connectivity index (χ0v) is 10.3. The van der Waals surface area contributed by atoms with Gasteiger partial charge in [-0.15, -0.1) is 0 Å². The third-order valence-corrected chi connectivity index (χ3v) is 2.85. The van der Waals surface area contributed by atoms with Crippen molar-refractivity contribution in [3.8, 4) is 11.3 Å². The summed E-state index contributed by atoms with van der Waals surface area (Å²) < 4.78 is 38.1. The molecule has 0 saturated heterocycles. The monoisotopic (exact) mass is 273 g/mol. The SMILES string of the molecule is CCNc1nc(-c2ccsc2)cc(C(F)(F)F)n1. The van der Waals surface area contributed by atoms with Crippen LogP contribution in [0.25, 0.3) is 11.3 Å². The second kappa shape index (κ2) is 4.93. The third-order valence-electron chi connectivity index (χ3n) is 2.17. The van der Waals surface area contributed by atoms with Gasteiger partial charge in [-0.2, -0.15) is 24.5 Å². The summed E-state index contributed by atoms with van der Waals surface area (Å²) in [6.07, 6.45) is -4.47. The molecule has 0 unspecified atom stereocenters. The zero-order valence-electron chi connectivity index (χ0n) is 9.45. The van der Waals surface area contributed by atoms with E-state index in [4.69, 9.17) is 0 Å². The summed E-state index contributed by atoms with van der Waals surface area (Å²) in [7, 11) is 0. The van der Waals surface area contributed by atoms with Crippen LogP contribution in [0.1, 0.15) is 12.6 Å². The summed E-state index contributed by atoms with van der Waals surface area (Å²) in [6, 6.07) is 2.69. The Hall–Kier alpha value is -1.63. The van der Waals surface area contributed by atoms with E-state index in [2.05, 4.69) is 15.3 Å². The van der Waals surface area contributed by atoms with Crippen LogP contribution >= 0.6 is 11.3 Å². The topological polar surface area (TPSA) is 37.8 Å². The number of hydrogen-bond donors (Lipinski definition) is 1. The highest BCUT2D eigenvalue weighted by molar-refractivity contribution is 7.08. The van der Waals surface area contributed by atoms with Gasteiger partial charge in [0.2, 0.25) is 5.95 Å². The number of aromatic nitrogens is 2. The first kappa shape index (κ1) is 12.8. The minimum atomic E-state index is -4.47. The molecule has 18 heavy (non-hydrogen) atoms. The number of hydrogen-bond acceptors (Lipinski definition) is 4. The zero-order chi connectivity index (χ0) is 13.2. The van der Waals surface area contributed by atoms with Crippen molar-refractivity contribution in [2.75, 3.05) is 11.9 Å². The number of nitrogens with zero attached hydrogens (tertiary/aromatic N) is 2. The molecule has 2 rings (SSSR count).